The number of hydrogen-bond acceptors (Lipinski definition) is 7. The Labute approximate surface area is 200 Å². The zero-order chi connectivity index (χ0) is 23.1. The van der Waals surface area contributed by atoms with Crippen LogP contribution in [0.25, 0.3) is 10.6 Å². The first-order valence-electron chi connectivity index (χ1n) is 11.2. The van der Waals surface area contributed by atoms with E-state index in [9.17, 15) is 14.4 Å². The highest BCUT2D eigenvalue weighted by Crippen LogP contribution is 2.35. The van der Waals surface area contributed by atoms with Gasteiger partial charge in [0.15, 0.2) is 5.78 Å². The number of amides is 2. The summed E-state index contributed by atoms with van der Waals surface area (Å²) in [5.41, 5.74) is 1.71. The van der Waals surface area contributed by atoms with Gasteiger partial charge < -0.3 is 15.0 Å². The van der Waals surface area contributed by atoms with Gasteiger partial charge in [-0.25, -0.2) is 0 Å². The van der Waals surface area contributed by atoms with E-state index in [2.05, 4.69) is 15.5 Å². The number of halogens is 1. The Kier molecular flexibility index (Phi) is 6.20. The summed E-state index contributed by atoms with van der Waals surface area (Å²) in [7, 11) is 0. The van der Waals surface area contributed by atoms with Crippen LogP contribution in [0.3, 0.4) is 0 Å². The number of Topliss-reactive ketones (excluding diaryl/α,β-unsaturated/α-hetero) is 1. The molecule has 4 atom stereocenters. The molecule has 33 heavy (non-hydrogen) atoms. The lowest BCUT2D eigenvalue weighted by Gasteiger charge is -2.30. The number of ketones is 1. The maximum atomic E-state index is 13.6. The van der Waals surface area contributed by atoms with Crippen LogP contribution in [-0.2, 0) is 14.3 Å². The van der Waals surface area contributed by atoms with Crippen molar-refractivity contribution >= 4 is 40.5 Å². The number of nitrogens with zero attached hydrogens (tertiary/aromatic N) is 3. The van der Waals surface area contributed by atoms with Gasteiger partial charge in [0.1, 0.15) is 30.5 Å². The summed E-state index contributed by atoms with van der Waals surface area (Å²) >= 11 is 7.71. The number of rotatable bonds is 5. The number of nitrogens with one attached hydrogen (secondary N) is 1. The van der Waals surface area contributed by atoms with Crippen molar-refractivity contribution in [1.82, 2.24) is 20.4 Å². The maximum absolute atomic E-state index is 13.6. The lowest BCUT2D eigenvalue weighted by molar-refractivity contribution is -0.139. The number of ether oxygens (including phenoxy) is 1. The summed E-state index contributed by atoms with van der Waals surface area (Å²) in [4.78, 5) is 42.1. The average Bonchev–Trinajstić information content (AvgIpc) is 3.59. The van der Waals surface area contributed by atoms with Crippen LogP contribution in [-0.4, -0.2) is 69.4 Å². The van der Waals surface area contributed by atoms with Gasteiger partial charge >= 0.3 is 0 Å². The van der Waals surface area contributed by atoms with Gasteiger partial charge in [0.2, 0.25) is 5.91 Å². The number of fused-ring (bicyclic) bond motifs is 1. The number of aryl methyl sites for hydroxylation is 1. The van der Waals surface area contributed by atoms with Crippen LogP contribution in [0.1, 0.15) is 40.9 Å². The molecule has 4 heterocycles. The molecule has 2 amide bonds. The van der Waals surface area contributed by atoms with E-state index in [4.69, 9.17) is 16.3 Å². The summed E-state index contributed by atoms with van der Waals surface area (Å²) in [5, 5.41) is 10.7. The van der Waals surface area contributed by atoms with Gasteiger partial charge in [0, 0.05) is 12.7 Å². The Balaban J connectivity index is 1.37. The van der Waals surface area contributed by atoms with Crippen LogP contribution in [0.15, 0.2) is 24.4 Å². The van der Waals surface area contributed by atoms with E-state index in [1.165, 1.54) is 16.2 Å². The minimum Gasteiger partial charge on any atom is -0.366 e. The molecule has 3 aliphatic rings. The molecule has 10 heteroatoms. The van der Waals surface area contributed by atoms with Gasteiger partial charge in [0.25, 0.3) is 5.91 Å². The Morgan fingerprint density at radius 3 is 2.82 bits per heavy atom. The van der Waals surface area contributed by atoms with E-state index in [0.29, 0.717) is 4.88 Å². The van der Waals surface area contributed by atoms with E-state index < -0.39 is 23.6 Å². The van der Waals surface area contributed by atoms with Crippen molar-refractivity contribution in [3.05, 3.63) is 34.8 Å². The van der Waals surface area contributed by atoms with Gasteiger partial charge in [0.05, 0.1) is 15.1 Å². The predicted octanol–water partition coefficient (Wildman–Crippen LogP) is 2.59. The quantitative estimate of drug-likeness (QED) is 0.649. The highest BCUT2D eigenvalue weighted by molar-refractivity contribution is 7.17. The molecule has 2 aliphatic heterocycles. The fraction of sp³-hybridized carbons (Fsp3) is 0.522. The largest absolute Gasteiger partial charge is 0.366 e. The van der Waals surface area contributed by atoms with Gasteiger partial charge in [-0.1, -0.05) is 12.8 Å². The van der Waals surface area contributed by atoms with Crippen molar-refractivity contribution in [2.45, 2.75) is 56.2 Å². The minimum atomic E-state index is -0.695. The Morgan fingerprint density at radius 1 is 1.27 bits per heavy atom. The standard InChI is InChI=1S/C23H25ClN4O4S/c1-12-8-9-25-27-18(12)16-6-7-17(33-16)22(30)26-19(13-4-2-3-5-13)23(31)28-10-14(24)21-20(28)15(29)11-32-21/h6-9,13-14,19-21H,2-5,10-11H2,1H3,(H,26,30). The Bertz CT molecular complexity index is 1090. The highest BCUT2D eigenvalue weighted by Gasteiger charge is 2.53. The molecule has 2 saturated heterocycles. The summed E-state index contributed by atoms with van der Waals surface area (Å²) in [6.45, 7) is 2.16. The number of hydrogen-bond donors (Lipinski definition) is 1. The molecule has 1 aliphatic carbocycles. The monoisotopic (exact) mass is 488 g/mol. The molecule has 1 N–H and O–H groups in total. The number of carbonyl (C=O) groups excluding carboxylic acids is 3. The lowest BCUT2D eigenvalue weighted by atomic mass is 9.96. The summed E-state index contributed by atoms with van der Waals surface area (Å²) in [6.07, 6.45) is 4.92. The third-order valence-electron chi connectivity index (χ3n) is 6.82. The van der Waals surface area contributed by atoms with E-state index in [1.54, 1.807) is 12.3 Å². The highest BCUT2D eigenvalue weighted by atomic mass is 35.5. The first-order chi connectivity index (χ1) is 15.9. The van der Waals surface area contributed by atoms with E-state index >= 15 is 0 Å². The summed E-state index contributed by atoms with van der Waals surface area (Å²) in [5.74, 6) is -0.636. The first-order valence-corrected chi connectivity index (χ1v) is 12.5. The molecule has 3 fully saturated rings. The van der Waals surface area contributed by atoms with Crippen molar-refractivity contribution in [2.24, 2.45) is 5.92 Å². The molecular weight excluding hydrogens is 464 g/mol. The molecule has 0 spiro atoms. The molecular formula is C23H25ClN4O4S. The van der Waals surface area contributed by atoms with Crippen molar-refractivity contribution in [1.29, 1.82) is 0 Å². The van der Waals surface area contributed by atoms with Gasteiger partial charge in [-0.15, -0.1) is 28.0 Å². The van der Waals surface area contributed by atoms with Crippen LogP contribution in [0, 0.1) is 12.8 Å². The van der Waals surface area contributed by atoms with Crippen LogP contribution in [0.5, 0.6) is 0 Å². The van der Waals surface area contributed by atoms with Crippen molar-refractivity contribution in [3.8, 4) is 10.6 Å². The molecule has 0 bridgehead atoms. The number of thiophene rings is 1. The molecule has 4 unspecified atom stereocenters. The lowest BCUT2D eigenvalue weighted by Crippen LogP contribution is -2.54. The van der Waals surface area contributed by atoms with Gasteiger partial charge in [-0.2, -0.15) is 5.10 Å². The number of carbonyl (C=O) groups is 3. The fourth-order valence-electron chi connectivity index (χ4n) is 5.11. The second-order valence-electron chi connectivity index (χ2n) is 8.92. The second-order valence-corrected chi connectivity index (χ2v) is 10.6. The number of aromatic nitrogens is 2. The number of likely N-dealkylation sites (tertiary alicyclic amines) is 1. The van der Waals surface area contributed by atoms with Crippen molar-refractivity contribution in [3.63, 3.8) is 0 Å². The second kappa shape index (κ2) is 9.12. The van der Waals surface area contributed by atoms with Crippen molar-refractivity contribution < 1.29 is 19.1 Å². The third-order valence-corrected chi connectivity index (χ3v) is 8.29. The molecule has 2 aromatic rings. The van der Waals surface area contributed by atoms with E-state index in [1.807, 2.05) is 19.1 Å². The van der Waals surface area contributed by atoms with Crippen molar-refractivity contribution in [2.75, 3.05) is 13.2 Å². The topological polar surface area (TPSA) is 101 Å². The van der Waals surface area contributed by atoms with Crippen LogP contribution in [0.2, 0.25) is 0 Å². The molecule has 0 aromatic carbocycles. The molecule has 5 rings (SSSR count). The van der Waals surface area contributed by atoms with Crippen LogP contribution < -0.4 is 5.32 Å². The molecule has 8 nitrogen and oxygen atoms in total. The molecule has 0 radical (unpaired) electrons. The zero-order valence-corrected chi connectivity index (χ0v) is 19.8. The Hall–Kier alpha value is -2.36. The minimum absolute atomic E-state index is 0.0252. The zero-order valence-electron chi connectivity index (χ0n) is 18.2. The number of alkyl halides is 1. The predicted molar refractivity (Wildman–Crippen MR) is 123 cm³/mol. The molecule has 1 saturated carbocycles. The summed E-state index contributed by atoms with van der Waals surface area (Å²) in [6, 6.07) is 4.11. The SMILES string of the molecule is Cc1ccnnc1-c1ccc(C(=O)NC(C(=O)N2CC(Cl)C3OCC(=O)C32)C2CCCC2)s1. The van der Waals surface area contributed by atoms with Crippen LogP contribution >= 0.6 is 22.9 Å². The van der Waals surface area contributed by atoms with Gasteiger partial charge in [-0.05, 0) is 49.4 Å². The third kappa shape index (κ3) is 4.18. The smallest absolute Gasteiger partial charge is 0.262 e. The van der Waals surface area contributed by atoms with E-state index in [0.717, 1.165) is 41.8 Å². The maximum Gasteiger partial charge on any atom is 0.262 e. The molecule has 174 valence electrons. The fourth-order valence-corrected chi connectivity index (χ4v) is 6.43. The Morgan fingerprint density at radius 2 is 2.06 bits per heavy atom. The normalized spacial score (nSPS) is 25.9. The van der Waals surface area contributed by atoms with Gasteiger partial charge in [-0.3, -0.25) is 14.4 Å². The average molecular weight is 489 g/mol. The van der Waals surface area contributed by atoms with E-state index in [-0.39, 0.29) is 36.7 Å². The first kappa shape index (κ1) is 22.4. The molecule has 2 aromatic heterocycles. The van der Waals surface area contributed by atoms with Crippen LogP contribution in [0.4, 0.5) is 0 Å². The summed E-state index contributed by atoms with van der Waals surface area (Å²) < 4.78 is 5.52.